The van der Waals surface area contributed by atoms with E-state index in [1.54, 1.807) is 6.07 Å². The first kappa shape index (κ1) is 11.1. The van der Waals surface area contributed by atoms with Gasteiger partial charge in [-0.3, -0.25) is 14.9 Å². The molecule has 7 heteroatoms. The molecular formula is C10H9N3O4. The van der Waals surface area contributed by atoms with Crippen molar-refractivity contribution in [3.05, 3.63) is 39.6 Å². The lowest BCUT2D eigenvalue weighted by Gasteiger charge is -1.98. The number of fused-ring (bicyclic) bond motifs is 1. The van der Waals surface area contributed by atoms with Gasteiger partial charge < -0.3 is 15.8 Å². The molecule has 2 rings (SSSR count). The second-order valence-corrected chi connectivity index (χ2v) is 3.54. The number of nitrogens with one attached hydrogen (secondary N) is 1. The van der Waals surface area contributed by atoms with Gasteiger partial charge in [0, 0.05) is 11.5 Å². The van der Waals surface area contributed by atoms with Crippen molar-refractivity contribution in [1.29, 1.82) is 0 Å². The van der Waals surface area contributed by atoms with Gasteiger partial charge in [0.05, 0.1) is 11.5 Å². The second kappa shape index (κ2) is 3.87. The summed E-state index contributed by atoms with van der Waals surface area (Å²) in [6, 6.07) is 4.23. The van der Waals surface area contributed by atoms with Crippen LogP contribution >= 0.6 is 0 Å². The van der Waals surface area contributed by atoms with Gasteiger partial charge in [-0.25, -0.2) is 0 Å². The second-order valence-electron chi connectivity index (χ2n) is 3.54. The number of amides is 1. The summed E-state index contributed by atoms with van der Waals surface area (Å²) in [7, 11) is 0. The zero-order valence-electron chi connectivity index (χ0n) is 8.64. The molecule has 0 fully saturated rings. The largest absolute Gasteiger partial charge is 0.392 e. The minimum atomic E-state index is -0.693. The number of rotatable bonds is 3. The summed E-state index contributed by atoms with van der Waals surface area (Å²) in [5.74, 6) is -0.693. The maximum absolute atomic E-state index is 11.0. The number of primary amides is 1. The van der Waals surface area contributed by atoms with Crippen molar-refractivity contribution in [3.63, 3.8) is 0 Å². The number of hydrogen-bond donors (Lipinski definition) is 3. The number of nitro groups is 1. The van der Waals surface area contributed by atoms with Crippen LogP contribution in [0.4, 0.5) is 5.69 Å². The maximum atomic E-state index is 11.0. The third-order valence-corrected chi connectivity index (χ3v) is 2.41. The number of aromatic amines is 1. The predicted octanol–water partition coefficient (Wildman–Crippen LogP) is 0.667. The number of nitrogens with zero attached hydrogens (tertiary/aromatic N) is 1. The molecule has 88 valence electrons. The summed E-state index contributed by atoms with van der Waals surface area (Å²) in [5, 5.41) is 20.3. The van der Waals surface area contributed by atoms with E-state index in [0.29, 0.717) is 10.9 Å². The van der Waals surface area contributed by atoms with E-state index in [-0.39, 0.29) is 23.5 Å². The molecule has 0 radical (unpaired) electrons. The Morgan fingerprint density at radius 1 is 1.47 bits per heavy atom. The molecule has 0 aliphatic heterocycles. The molecular weight excluding hydrogens is 226 g/mol. The highest BCUT2D eigenvalue weighted by molar-refractivity contribution is 5.99. The molecule has 0 aliphatic rings. The number of benzene rings is 1. The zero-order valence-corrected chi connectivity index (χ0v) is 8.64. The van der Waals surface area contributed by atoms with Gasteiger partial charge in [-0.2, -0.15) is 0 Å². The molecule has 0 saturated carbocycles. The summed E-state index contributed by atoms with van der Waals surface area (Å²) < 4.78 is 0. The standard InChI is InChI=1S/C10H9N3O4/c11-10(15)7-3-6-1-5(4-14)2-8(13(16)17)9(6)12-7/h1-3,12,14H,4H2,(H2,11,15). The van der Waals surface area contributed by atoms with E-state index in [0.717, 1.165) is 0 Å². The summed E-state index contributed by atoms with van der Waals surface area (Å²) in [4.78, 5) is 23.8. The number of aromatic nitrogens is 1. The molecule has 0 spiro atoms. The monoisotopic (exact) mass is 235 g/mol. The highest BCUT2D eigenvalue weighted by atomic mass is 16.6. The number of non-ortho nitro benzene ring substituents is 1. The van der Waals surface area contributed by atoms with Crippen LogP contribution in [0.5, 0.6) is 0 Å². The lowest BCUT2D eigenvalue weighted by atomic mass is 10.1. The fraction of sp³-hybridized carbons (Fsp3) is 0.100. The van der Waals surface area contributed by atoms with Gasteiger partial charge in [-0.05, 0) is 17.7 Å². The number of nitro benzene ring substituents is 1. The predicted molar refractivity (Wildman–Crippen MR) is 59.4 cm³/mol. The van der Waals surface area contributed by atoms with E-state index >= 15 is 0 Å². The molecule has 1 aromatic carbocycles. The molecule has 1 amide bonds. The lowest BCUT2D eigenvalue weighted by molar-refractivity contribution is -0.383. The van der Waals surface area contributed by atoms with Crippen LogP contribution in [0.3, 0.4) is 0 Å². The number of H-pyrrole nitrogens is 1. The summed E-state index contributed by atoms with van der Waals surface area (Å²) in [5.41, 5.74) is 5.61. The van der Waals surface area contributed by atoms with Gasteiger partial charge in [0.1, 0.15) is 11.2 Å². The van der Waals surface area contributed by atoms with E-state index in [1.165, 1.54) is 12.1 Å². The molecule has 1 heterocycles. The fourth-order valence-electron chi connectivity index (χ4n) is 1.65. The smallest absolute Gasteiger partial charge is 0.293 e. The number of aliphatic hydroxyl groups excluding tert-OH is 1. The number of carbonyl (C=O) groups excluding carboxylic acids is 1. The molecule has 2 aromatic rings. The van der Waals surface area contributed by atoms with Crippen molar-refractivity contribution in [1.82, 2.24) is 4.98 Å². The third-order valence-electron chi connectivity index (χ3n) is 2.41. The van der Waals surface area contributed by atoms with Crippen LogP contribution in [0.1, 0.15) is 16.1 Å². The van der Waals surface area contributed by atoms with Crippen molar-refractivity contribution < 1.29 is 14.8 Å². The SMILES string of the molecule is NC(=O)c1cc2cc(CO)cc([N+](=O)[O-])c2[nH]1. The molecule has 7 nitrogen and oxygen atoms in total. The summed E-state index contributed by atoms with van der Waals surface area (Å²) in [6.45, 7) is -0.312. The van der Waals surface area contributed by atoms with E-state index in [1.807, 2.05) is 0 Å². The first-order chi connectivity index (χ1) is 8.02. The Kier molecular flexibility index (Phi) is 2.52. The topological polar surface area (TPSA) is 122 Å². The number of carbonyl (C=O) groups is 1. The van der Waals surface area contributed by atoms with Crippen LogP contribution in [0.25, 0.3) is 10.9 Å². The highest BCUT2D eigenvalue weighted by Gasteiger charge is 2.17. The van der Waals surface area contributed by atoms with Gasteiger partial charge in [0.15, 0.2) is 0 Å². The van der Waals surface area contributed by atoms with E-state index in [2.05, 4.69) is 4.98 Å². The van der Waals surface area contributed by atoms with Crippen molar-refractivity contribution in [3.8, 4) is 0 Å². The minimum Gasteiger partial charge on any atom is -0.392 e. The molecule has 0 bridgehead atoms. The number of aliphatic hydroxyl groups is 1. The first-order valence-corrected chi connectivity index (χ1v) is 4.73. The van der Waals surface area contributed by atoms with Crippen LogP contribution in [0, 0.1) is 10.1 Å². The minimum absolute atomic E-state index is 0.0955. The van der Waals surface area contributed by atoms with Crippen LogP contribution in [-0.4, -0.2) is 20.9 Å². The van der Waals surface area contributed by atoms with E-state index in [9.17, 15) is 14.9 Å². The van der Waals surface area contributed by atoms with Gasteiger partial charge in [0.25, 0.3) is 11.6 Å². The number of nitrogens with two attached hydrogens (primary N) is 1. The third kappa shape index (κ3) is 1.83. The summed E-state index contributed by atoms with van der Waals surface area (Å²) in [6.07, 6.45) is 0. The fourth-order valence-corrected chi connectivity index (χ4v) is 1.65. The molecule has 4 N–H and O–H groups in total. The molecule has 0 aliphatic carbocycles. The Morgan fingerprint density at radius 3 is 2.71 bits per heavy atom. The Balaban J connectivity index is 2.77. The molecule has 0 unspecified atom stereocenters. The van der Waals surface area contributed by atoms with Crippen molar-refractivity contribution in [2.75, 3.05) is 0 Å². The van der Waals surface area contributed by atoms with Gasteiger partial charge in [-0.15, -0.1) is 0 Å². The van der Waals surface area contributed by atoms with Crippen LogP contribution in [0.2, 0.25) is 0 Å². The van der Waals surface area contributed by atoms with Crippen LogP contribution < -0.4 is 5.73 Å². The van der Waals surface area contributed by atoms with Crippen LogP contribution in [-0.2, 0) is 6.61 Å². The van der Waals surface area contributed by atoms with E-state index in [4.69, 9.17) is 10.8 Å². The normalized spacial score (nSPS) is 10.6. The molecule has 0 atom stereocenters. The molecule has 17 heavy (non-hydrogen) atoms. The van der Waals surface area contributed by atoms with E-state index < -0.39 is 10.8 Å². The van der Waals surface area contributed by atoms with Crippen LogP contribution in [0.15, 0.2) is 18.2 Å². The van der Waals surface area contributed by atoms with Gasteiger partial charge >= 0.3 is 0 Å². The Hall–Kier alpha value is -2.41. The molecule has 1 aromatic heterocycles. The van der Waals surface area contributed by atoms with Crippen molar-refractivity contribution in [2.24, 2.45) is 5.73 Å². The highest BCUT2D eigenvalue weighted by Crippen LogP contribution is 2.27. The van der Waals surface area contributed by atoms with Gasteiger partial charge in [0.2, 0.25) is 0 Å². The van der Waals surface area contributed by atoms with Crippen molar-refractivity contribution >= 4 is 22.5 Å². The Morgan fingerprint density at radius 2 is 2.18 bits per heavy atom. The van der Waals surface area contributed by atoms with Crippen molar-refractivity contribution in [2.45, 2.75) is 6.61 Å². The maximum Gasteiger partial charge on any atom is 0.293 e. The Bertz CT molecular complexity index is 617. The lowest BCUT2D eigenvalue weighted by Crippen LogP contribution is -2.10. The average molecular weight is 235 g/mol. The number of hydrogen-bond acceptors (Lipinski definition) is 4. The average Bonchev–Trinajstić information content (AvgIpc) is 2.70. The quantitative estimate of drug-likeness (QED) is 0.534. The Labute approximate surface area is 95.0 Å². The summed E-state index contributed by atoms with van der Waals surface area (Å²) >= 11 is 0. The zero-order chi connectivity index (χ0) is 12.6. The molecule has 0 saturated heterocycles. The first-order valence-electron chi connectivity index (χ1n) is 4.73. The van der Waals surface area contributed by atoms with Gasteiger partial charge in [-0.1, -0.05) is 0 Å².